The molecular formula is C7H12S. The molecule has 0 saturated carbocycles. The number of allylic oxidation sites excluding steroid dienone is 3. The predicted molar refractivity (Wildman–Crippen MR) is 42.4 cm³/mol. The van der Waals surface area contributed by atoms with Gasteiger partial charge in [0.2, 0.25) is 0 Å². The van der Waals surface area contributed by atoms with Gasteiger partial charge in [-0.1, -0.05) is 23.8 Å². The summed E-state index contributed by atoms with van der Waals surface area (Å²) in [7, 11) is 0. The van der Waals surface area contributed by atoms with Crippen molar-refractivity contribution in [3.63, 3.8) is 0 Å². The maximum Gasteiger partial charge on any atom is 0.0113 e. The van der Waals surface area contributed by atoms with E-state index < -0.39 is 0 Å². The fourth-order valence-corrected chi connectivity index (χ4v) is 0.419. The molecule has 0 heterocycles. The summed E-state index contributed by atoms with van der Waals surface area (Å²) in [5.74, 6) is 0.852. The van der Waals surface area contributed by atoms with Gasteiger partial charge in [0, 0.05) is 5.75 Å². The SMILES string of the molecule is C/C=C\C=C(/C)CS. The minimum absolute atomic E-state index is 0.852. The second-order valence-corrected chi connectivity index (χ2v) is 2.01. The van der Waals surface area contributed by atoms with Crippen LogP contribution in [0, 0.1) is 0 Å². The second-order valence-electron chi connectivity index (χ2n) is 1.70. The maximum absolute atomic E-state index is 4.09. The van der Waals surface area contributed by atoms with Crippen LogP contribution in [-0.2, 0) is 0 Å². The number of hydrogen-bond acceptors (Lipinski definition) is 1. The Labute approximate surface area is 56.7 Å². The van der Waals surface area contributed by atoms with E-state index in [-0.39, 0.29) is 0 Å². The molecule has 0 aromatic heterocycles. The highest BCUT2D eigenvalue weighted by molar-refractivity contribution is 7.80. The zero-order valence-electron chi connectivity index (χ0n) is 5.39. The lowest BCUT2D eigenvalue weighted by atomic mass is 10.3. The standard InChI is InChI=1S/C7H12S/c1-3-4-5-7(2)6-8/h3-5,8H,6H2,1-2H3/b4-3-,7-5+. The second kappa shape index (κ2) is 4.98. The van der Waals surface area contributed by atoms with Crippen molar-refractivity contribution in [3.8, 4) is 0 Å². The molecule has 0 fully saturated rings. The zero-order chi connectivity index (χ0) is 6.41. The van der Waals surface area contributed by atoms with Crippen molar-refractivity contribution in [2.24, 2.45) is 0 Å². The van der Waals surface area contributed by atoms with Gasteiger partial charge in [-0.2, -0.15) is 12.6 Å². The van der Waals surface area contributed by atoms with Crippen molar-refractivity contribution < 1.29 is 0 Å². The molecule has 46 valence electrons. The lowest BCUT2D eigenvalue weighted by Crippen LogP contribution is -1.72. The molecule has 0 aliphatic carbocycles. The van der Waals surface area contributed by atoms with Gasteiger partial charge in [-0.05, 0) is 13.8 Å². The van der Waals surface area contributed by atoms with Crippen LogP contribution >= 0.6 is 12.6 Å². The molecule has 1 heteroatoms. The van der Waals surface area contributed by atoms with Gasteiger partial charge in [0.15, 0.2) is 0 Å². The van der Waals surface area contributed by atoms with Gasteiger partial charge in [0.25, 0.3) is 0 Å². The van der Waals surface area contributed by atoms with Gasteiger partial charge in [-0.25, -0.2) is 0 Å². The summed E-state index contributed by atoms with van der Waals surface area (Å²) in [6.45, 7) is 4.06. The minimum atomic E-state index is 0.852. The average molecular weight is 128 g/mol. The van der Waals surface area contributed by atoms with Crippen molar-refractivity contribution in [3.05, 3.63) is 23.8 Å². The van der Waals surface area contributed by atoms with Gasteiger partial charge in [0.1, 0.15) is 0 Å². The first-order valence-corrected chi connectivity index (χ1v) is 3.33. The molecule has 0 nitrogen and oxygen atoms in total. The van der Waals surface area contributed by atoms with E-state index in [1.54, 1.807) is 0 Å². The van der Waals surface area contributed by atoms with Crippen LogP contribution in [0.25, 0.3) is 0 Å². The Bertz CT molecular complexity index is 101. The molecule has 0 rings (SSSR count). The first kappa shape index (κ1) is 7.83. The normalized spacial score (nSPS) is 13.1. The van der Waals surface area contributed by atoms with Gasteiger partial charge < -0.3 is 0 Å². The highest BCUT2D eigenvalue weighted by atomic mass is 32.1. The highest BCUT2D eigenvalue weighted by Gasteiger charge is 1.76. The van der Waals surface area contributed by atoms with Crippen LogP contribution in [0.5, 0.6) is 0 Å². The van der Waals surface area contributed by atoms with E-state index in [1.807, 2.05) is 19.1 Å². The van der Waals surface area contributed by atoms with E-state index in [2.05, 4.69) is 25.6 Å². The smallest absolute Gasteiger partial charge is 0.0113 e. The van der Waals surface area contributed by atoms with Crippen molar-refractivity contribution in [1.82, 2.24) is 0 Å². The zero-order valence-corrected chi connectivity index (χ0v) is 6.28. The molecule has 8 heavy (non-hydrogen) atoms. The molecule has 0 spiro atoms. The van der Waals surface area contributed by atoms with E-state index in [4.69, 9.17) is 0 Å². The summed E-state index contributed by atoms with van der Waals surface area (Å²) in [6.07, 6.45) is 6.09. The van der Waals surface area contributed by atoms with Crippen molar-refractivity contribution in [2.45, 2.75) is 13.8 Å². The average Bonchev–Trinajstić information content (AvgIpc) is 1.83. The van der Waals surface area contributed by atoms with E-state index in [1.165, 1.54) is 5.57 Å². The fourth-order valence-electron chi connectivity index (χ4n) is 0.313. The lowest BCUT2D eigenvalue weighted by molar-refractivity contribution is 1.41. The lowest BCUT2D eigenvalue weighted by Gasteiger charge is -1.86. The van der Waals surface area contributed by atoms with Crippen molar-refractivity contribution in [1.29, 1.82) is 0 Å². The Morgan fingerprint density at radius 2 is 2.25 bits per heavy atom. The Kier molecular flexibility index (Phi) is 4.87. The van der Waals surface area contributed by atoms with Gasteiger partial charge in [-0.3, -0.25) is 0 Å². The molecular weight excluding hydrogens is 116 g/mol. The van der Waals surface area contributed by atoms with Gasteiger partial charge in [-0.15, -0.1) is 0 Å². The van der Waals surface area contributed by atoms with Crippen LogP contribution in [0.15, 0.2) is 23.8 Å². The van der Waals surface area contributed by atoms with E-state index >= 15 is 0 Å². The number of hydrogen-bond donors (Lipinski definition) is 1. The monoisotopic (exact) mass is 128 g/mol. The largest absolute Gasteiger partial charge is 0.175 e. The Morgan fingerprint density at radius 1 is 1.62 bits per heavy atom. The van der Waals surface area contributed by atoms with Crippen LogP contribution in [0.4, 0.5) is 0 Å². The molecule has 0 unspecified atom stereocenters. The fraction of sp³-hybridized carbons (Fsp3) is 0.429. The molecule has 0 aliphatic heterocycles. The topological polar surface area (TPSA) is 0 Å². The van der Waals surface area contributed by atoms with E-state index in [9.17, 15) is 0 Å². The minimum Gasteiger partial charge on any atom is -0.175 e. The third-order valence-electron chi connectivity index (χ3n) is 0.823. The molecule has 0 aromatic rings. The summed E-state index contributed by atoms with van der Waals surface area (Å²) in [6, 6.07) is 0. The molecule has 0 aromatic carbocycles. The molecule has 0 amide bonds. The highest BCUT2D eigenvalue weighted by Crippen LogP contribution is 1.94. The molecule has 0 atom stereocenters. The van der Waals surface area contributed by atoms with Crippen LogP contribution < -0.4 is 0 Å². The molecule has 0 N–H and O–H groups in total. The summed E-state index contributed by atoms with van der Waals surface area (Å²) >= 11 is 4.09. The van der Waals surface area contributed by atoms with Gasteiger partial charge >= 0.3 is 0 Å². The Morgan fingerprint density at radius 3 is 2.62 bits per heavy atom. The summed E-state index contributed by atoms with van der Waals surface area (Å²) in [5.41, 5.74) is 1.30. The third kappa shape index (κ3) is 4.00. The van der Waals surface area contributed by atoms with Crippen LogP contribution in [0.1, 0.15) is 13.8 Å². The van der Waals surface area contributed by atoms with Gasteiger partial charge in [0.05, 0.1) is 0 Å². The van der Waals surface area contributed by atoms with Crippen LogP contribution in [0.3, 0.4) is 0 Å². The quantitative estimate of drug-likeness (QED) is 0.428. The summed E-state index contributed by atoms with van der Waals surface area (Å²) in [4.78, 5) is 0. The van der Waals surface area contributed by atoms with Crippen LogP contribution in [-0.4, -0.2) is 5.75 Å². The first-order valence-electron chi connectivity index (χ1n) is 2.70. The summed E-state index contributed by atoms with van der Waals surface area (Å²) < 4.78 is 0. The molecule has 0 saturated heterocycles. The number of thiol groups is 1. The van der Waals surface area contributed by atoms with Crippen molar-refractivity contribution in [2.75, 3.05) is 5.75 Å². The predicted octanol–water partition coefficient (Wildman–Crippen LogP) is 2.44. The molecule has 0 bridgehead atoms. The van der Waals surface area contributed by atoms with E-state index in [0.717, 1.165) is 5.75 Å². The first-order chi connectivity index (χ1) is 3.81. The number of rotatable bonds is 2. The maximum atomic E-state index is 4.09. The van der Waals surface area contributed by atoms with Crippen LogP contribution in [0.2, 0.25) is 0 Å². The van der Waals surface area contributed by atoms with Crippen molar-refractivity contribution >= 4 is 12.6 Å². The Hall–Kier alpha value is -0.170. The summed E-state index contributed by atoms with van der Waals surface area (Å²) in [5, 5.41) is 0. The molecule has 0 aliphatic rings. The third-order valence-corrected chi connectivity index (χ3v) is 1.32. The molecule has 0 radical (unpaired) electrons. The Balaban J connectivity index is 3.57. The van der Waals surface area contributed by atoms with E-state index in [0.29, 0.717) is 0 Å².